The molecular weight excluding hydrogens is 421 g/mol. The van der Waals surface area contributed by atoms with Crippen LogP contribution in [0.3, 0.4) is 0 Å². The molecule has 1 saturated heterocycles. The Morgan fingerprint density at radius 2 is 2.13 bits per heavy atom. The fourth-order valence-corrected chi connectivity index (χ4v) is 3.71. The number of hydrogen-bond donors (Lipinski definition) is 2. The Hall–Kier alpha value is -0.410. The third kappa shape index (κ3) is 6.19. The van der Waals surface area contributed by atoms with Crippen molar-refractivity contribution in [1.82, 2.24) is 20.5 Å². The summed E-state index contributed by atoms with van der Waals surface area (Å²) in [5.74, 6) is 0.899. The second kappa shape index (κ2) is 10.5. The molecule has 1 unspecified atom stereocenters. The number of aromatic nitrogens is 1. The molecule has 0 radical (unpaired) electrons. The van der Waals surface area contributed by atoms with Crippen molar-refractivity contribution in [2.24, 2.45) is 4.99 Å². The van der Waals surface area contributed by atoms with Gasteiger partial charge in [0.25, 0.3) is 0 Å². The molecule has 5 nitrogen and oxygen atoms in total. The molecular formula is C16H30IN5S. The van der Waals surface area contributed by atoms with E-state index in [0.717, 1.165) is 36.3 Å². The van der Waals surface area contributed by atoms with Crippen LogP contribution in [-0.2, 0) is 6.54 Å². The fourth-order valence-electron chi connectivity index (χ4n) is 2.85. The number of aliphatic imine (C=N–C) groups is 1. The molecule has 1 aromatic heterocycles. The van der Waals surface area contributed by atoms with Crippen molar-refractivity contribution in [3.05, 3.63) is 15.6 Å². The van der Waals surface area contributed by atoms with E-state index >= 15 is 0 Å². The van der Waals surface area contributed by atoms with Crippen molar-refractivity contribution in [2.45, 2.75) is 53.1 Å². The number of aryl methyl sites for hydroxylation is 2. The van der Waals surface area contributed by atoms with Gasteiger partial charge >= 0.3 is 0 Å². The van der Waals surface area contributed by atoms with Crippen LogP contribution in [0, 0.1) is 13.8 Å². The smallest absolute Gasteiger partial charge is 0.191 e. The van der Waals surface area contributed by atoms with E-state index in [1.54, 1.807) is 11.3 Å². The van der Waals surface area contributed by atoms with Gasteiger partial charge in [-0.15, -0.1) is 35.3 Å². The number of thiazole rings is 1. The topological polar surface area (TPSA) is 52.6 Å². The maximum absolute atomic E-state index is 4.67. The quantitative estimate of drug-likeness (QED) is 0.397. The van der Waals surface area contributed by atoms with Gasteiger partial charge in [0.2, 0.25) is 0 Å². The summed E-state index contributed by atoms with van der Waals surface area (Å²) in [4.78, 5) is 13.1. The van der Waals surface area contributed by atoms with Crippen LogP contribution < -0.4 is 10.6 Å². The minimum absolute atomic E-state index is 0. The van der Waals surface area contributed by atoms with Crippen molar-refractivity contribution in [3.8, 4) is 0 Å². The summed E-state index contributed by atoms with van der Waals surface area (Å²) in [7, 11) is 0. The summed E-state index contributed by atoms with van der Waals surface area (Å²) in [6, 6.07) is 0.637. The van der Waals surface area contributed by atoms with Gasteiger partial charge in [-0.2, -0.15) is 0 Å². The molecule has 1 fully saturated rings. The van der Waals surface area contributed by atoms with Crippen LogP contribution in [0.2, 0.25) is 0 Å². The number of halogens is 1. The number of likely N-dealkylation sites (N-methyl/N-ethyl adjacent to an activating group) is 1. The third-order valence-electron chi connectivity index (χ3n) is 4.20. The van der Waals surface area contributed by atoms with E-state index in [0.29, 0.717) is 12.6 Å². The van der Waals surface area contributed by atoms with Crippen LogP contribution in [-0.4, -0.2) is 48.1 Å². The highest BCUT2D eigenvalue weighted by Gasteiger charge is 2.22. The van der Waals surface area contributed by atoms with E-state index in [4.69, 9.17) is 0 Å². The maximum Gasteiger partial charge on any atom is 0.191 e. The lowest BCUT2D eigenvalue weighted by Gasteiger charge is -2.23. The third-order valence-corrected chi connectivity index (χ3v) is 5.26. The van der Waals surface area contributed by atoms with E-state index in [-0.39, 0.29) is 24.0 Å². The summed E-state index contributed by atoms with van der Waals surface area (Å²) in [5.41, 5.74) is 1.12. The molecule has 1 atom stereocenters. The van der Waals surface area contributed by atoms with Gasteiger partial charge in [0.05, 0.1) is 12.2 Å². The largest absolute Gasteiger partial charge is 0.357 e. The molecule has 0 spiro atoms. The van der Waals surface area contributed by atoms with Gasteiger partial charge in [0, 0.05) is 24.0 Å². The zero-order chi connectivity index (χ0) is 15.9. The Bertz CT molecular complexity index is 483. The second-order valence-corrected chi connectivity index (χ2v) is 7.04. The van der Waals surface area contributed by atoms with Crippen molar-refractivity contribution in [2.75, 3.05) is 26.2 Å². The monoisotopic (exact) mass is 451 g/mol. The highest BCUT2D eigenvalue weighted by molar-refractivity contribution is 14.0. The summed E-state index contributed by atoms with van der Waals surface area (Å²) in [6.45, 7) is 13.4. The van der Waals surface area contributed by atoms with Gasteiger partial charge in [-0.1, -0.05) is 6.92 Å². The van der Waals surface area contributed by atoms with Crippen molar-refractivity contribution < 1.29 is 0 Å². The molecule has 1 aliphatic heterocycles. The predicted molar refractivity (Wildman–Crippen MR) is 110 cm³/mol. The number of likely N-dealkylation sites (tertiary alicyclic amines) is 1. The molecule has 0 saturated carbocycles. The molecule has 2 rings (SSSR count). The highest BCUT2D eigenvalue weighted by atomic mass is 127. The van der Waals surface area contributed by atoms with E-state index in [1.807, 2.05) is 0 Å². The Balaban J connectivity index is 0.00000264. The summed E-state index contributed by atoms with van der Waals surface area (Å²) < 4.78 is 0. The lowest BCUT2D eigenvalue weighted by molar-refractivity contribution is 0.267. The lowest BCUT2D eigenvalue weighted by atomic mass is 10.2. The minimum atomic E-state index is 0. The second-order valence-electron chi connectivity index (χ2n) is 5.75. The van der Waals surface area contributed by atoms with E-state index in [2.05, 4.69) is 53.2 Å². The first-order valence-corrected chi connectivity index (χ1v) is 9.14. The van der Waals surface area contributed by atoms with Crippen molar-refractivity contribution in [3.63, 3.8) is 0 Å². The highest BCUT2D eigenvalue weighted by Crippen LogP contribution is 2.17. The summed E-state index contributed by atoms with van der Waals surface area (Å²) >= 11 is 1.74. The van der Waals surface area contributed by atoms with Gasteiger partial charge in [-0.25, -0.2) is 9.98 Å². The fraction of sp³-hybridized carbons (Fsp3) is 0.750. The summed E-state index contributed by atoms with van der Waals surface area (Å²) in [6.07, 6.45) is 2.59. The van der Waals surface area contributed by atoms with E-state index < -0.39 is 0 Å². The van der Waals surface area contributed by atoms with Crippen LogP contribution in [0.25, 0.3) is 0 Å². The Morgan fingerprint density at radius 1 is 1.35 bits per heavy atom. The van der Waals surface area contributed by atoms with Gasteiger partial charge in [0.15, 0.2) is 5.96 Å². The van der Waals surface area contributed by atoms with Crippen LogP contribution in [0.1, 0.15) is 42.3 Å². The lowest BCUT2D eigenvalue weighted by Crippen LogP contribution is -2.44. The van der Waals surface area contributed by atoms with Gasteiger partial charge in [-0.05, 0) is 46.7 Å². The normalized spacial score (nSPS) is 18.8. The molecule has 132 valence electrons. The van der Waals surface area contributed by atoms with E-state index in [9.17, 15) is 0 Å². The first-order valence-electron chi connectivity index (χ1n) is 8.33. The maximum atomic E-state index is 4.67. The zero-order valence-corrected chi connectivity index (χ0v) is 17.8. The Labute approximate surface area is 161 Å². The molecule has 2 N–H and O–H groups in total. The number of rotatable bonds is 6. The number of hydrogen-bond acceptors (Lipinski definition) is 4. The molecule has 0 amide bonds. The predicted octanol–water partition coefficient (Wildman–Crippen LogP) is 2.92. The average molecular weight is 451 g/mol. The Morgan fingerprint density at radius 3 is 2.74 bits per heavy atom. The van der Waals surface area contributed by atoms with Gasteiger partial charge in [0.1, 0.15) is 5.01 Å². The molecule has 1 aliphatic rings. The number of nitrogens with one attached hydrogen (secondary N) is 2. The Kier molecular flexibility index (Phi) is 9.38. The number of nitrogens with zero attached hydrogens (tertiary/aromatic N) is 3. The molecule has 0 aromatic carbocycles. The molecule has 0 bridgehead atoms. The molecule has 0 aliphatic carbocycles. The van der Waals surface area contributed by atoms with Crippen LogP contribution >= 0.6 is 35.3 Å². The number of guanidine groups is 1. The summed E-state index contributed by atoms with van der Waals surface area (Å²) in [5, 5.41) is 7.91. The standard InChI is InChI=1S/C16H29N5S.HI/c1-5-17-16(18-10-14-8-7-9-21(14)6-2)19-11-15-20-12(3)13(4)22-15;/h14H,5-11H2,1-4H3,(H2,17,18,19);1H. The van der Waals surface area contributed by atoms with Gasteiger partial charge < -0.3 is 10.6 Å². The molecule has 2 heterocycles. The SMILES string of the molecule is CCNC(=NCc1nc(C)c(C)s1)NCC1CCCN1CC.I. The van der Waals surface area contributed by atoms with Gasteiger partial charge in [-0.3, -0.25) is 4.90 Å². The first kappa shape index (κ1) is 20.6. The van der Waals surface area contributed by atoms with Crippen LogP contribution in [0.5, 0.6) is 0 Å². The molecule has 1 aromatic rings. The van der Waals surface area contributed by atoms with Crippen LogP contribution in [0.4, 0.5) is 0 Å². The molecule has 7 heteroatoms. The van der Waals surface area contributed by atoms with Crippen LogP contribution in [0.15, 0.2) is 4.99 Å². The van der Waals surface area contributed by atoms with Crippen molar-refractivity contribution >= 4 is 41.3 Å². The first-order chi connectivity index (χ1) is 10.6. The average Bonchev–Trinajstić information content (AvgIpc) is 3.08. The minimum Gasteiger partial charge on any atom is -0.357 e. The van der Waals surface area contributed by atoms with Crippen molar-refractivity contribution in [1.29, 1.82) is 0 Å². The zero-order valence-electron chi connectivity index (χ0n) is 14.7. The van der Waals surface area contributed by atoms with E-state index in [1.165, 1.54) is 24.3 Å². The molecule has 23 heavy (non-hydrogen) atoms.